The van der Waals surface area contributed by atoms with Gasteiger partial charge >= 0.3 is 5.97 Å². The Balaban J connectivity index is 2.53. The molecule has 0 bridgehead atoms. The average Bonchev–Trinajstić information content (AvgIpc) is 2.62. The van der Waals surface area contributed by atoms with E-state index in [1.54, 1.807) is 0 Å². The zero-order valence-electron chi connectivity index (χ0n) is 11.8. The topological polar surface area (TPSA) is 47.6 Å². The van der Waals surface area contributed by atoms with E-state index in [2.05, 4.69) is 39.2 Å². The van der Waals surface area contributed by atoms with Crippen LogP contribution in [0.15, 0.2) is 0 Å². The lowest BCUT2D eigenvalue weighted by Gasteiger charge is -2.38. The van der Waals surface area contributed by atoms with Crippen molar-refractivity contribution in [2.45, 2.75) is 57.5 Å². The van der Waals surface area contributed by atoms with Gasteiger partial charge < -0.3 is 14.5 Å². The minimum absolute atomic E-state index is 0.139. The van der Waals surface area contributed by atoms with Gasteiger partial charge in [0.1, 0.15) is 6.04 Å². The monoisotopic (exact) mass is 259 g/mol. The molecule has 1 aliphatic heterocycles. The van der Waals surface area contributed by atoms with Crippen LogP contribution in [0.4, 0.5) is 0 Å². The Labute approximate surface area is 105 Å². The first kappa shape index (κ1) is 14.7. The lowest BCUT2D eigenvalue weighted by molar-refractivity contribution is -0.142. The molecule has 0 aromatic rings. The van der Waals surface area contributed by atoms with Crippen LogP contribution in [0, 0.1) is 0 Å². The van der Waals surface area contributed by atoms with Gasteiger partial charge in [0.2, 0.25) is 0 Å². The van der Waals surface area contributed by atoms with Gasteiger partial charge in [-0.2, -0.15) is 0 Å². The highest BCUT2D eigenvalue weighted by Gasteiger charge is 2.41. The predicted molar refractivity (Wildman–Crippen MR) is 70.5 cm³/mol. The van der Waals surface area contributed by atoms with Crippen molar-refractivity contribution in [2.75, 3.05) is 13.7 Å². The van der Waals surface area contributed by atoms with E-state index in [-0.39, 0.29) is 23.2 Å². The molecule has 2 atom stereocenters. The normalized spacial score (nSPS) is 26.0. The Morgan fingerprint density at radius 1 is 1.35 bits per heavy atom. The summed E-state index contributed by atoms with van der Waals surface area (Å²) in [5.41, 5.74) is 0. The Hall–Kier alpha value is -0.393. The molecular weight excluding hydrogens is 234 g/mol. The molecule has 0 amide bonds. The molecule has 0 aromatic heterocycles. The number of ether oxygens (including phenoxy) is 1. The Kier molecular flexibility index (Phi) is 4.38. The first-order valence-electron chi connectivity index (χ1n) is 6.16. The van der Waals surface area contributed by atoms with Crippen LogP contribution >= 0.6 is 0 Å². The van der Waals surface area contributed by atoms with E-state index in [0.29, 0.717) is 0 Å². The lowest BCUT2D eigenvalue weighted by Crippen LogP contribution is -2.44. The third kappa shape index (κ3) is 3.53. The van der Waals surface area contributed by atoms with Gasteiger partial charge in [-0.15, -0.1) is 0 Å². The van der Waals surface area contributed by atoms with E-state index < -0.39 is 8.32 Å². The number of rotatable bonds is 3. The number of hydrogen-bond acceptors (Lipinski definition) is 4. The molecule has 0 spiro atoms. The maximum Gasteiger partial charge on any atom is 0.322 e. The van der Waals surface area contributed by atoms with Gasteiger partial charge in [-0.05, 0) is 24.6 Å². The molecule has 5 heteroatoms. The summed E-state index contributed by atoms with van der Waals surface area (Å²) in [5.74, 6) is -0.189. The zero-order chi connectivity index (χ0) is 13.3. The van der Waals surface area contributed by atoms with Crippen molar-refractivity contribution in [2.24, 2.45) is 0 Å². The molecule has 4 nitrogen and oxygen atoms in total. The predicted octanol–water partition coefficient (Wildman–Crippen LogP) is 1.91. The number of nitrogens with one attached hydrogen (secondary N) is 1. The maximum atomic E-state index is 11.4. The van der Waals surface area contributed by atoms with Crippen LogP contribution in [0.25, 0.3) is 0 Å². The van der Waals surface area contributed by atoms with Crippen LogP contribution < -0.4 is 5.32 Å². The van der Waals surface area contributed by atoms with E-state index >= 15 is 0 Å². The average molecular weight is 259 g/mol. The SMILES string of the molecule is COC(=O)[C@@H]1CC(O[Si](C)(C)C(C)(C)C)CN1. The van der Waals surface area contributed by atoms with Crippen LogP contribution in [0.2, 0.25) is 18.1 Å². The summed E-state index contributed by atoms with van der Waals surface area (Å²) < 4.78 is 11.0. The summed E-state index contributed by atoms with van der Waals surface area (Å²) in [4.78, 5) is 11.4. The van der Waals surface area contributed by atoms with Gasteiger partial charge in [-0.3, -0.25) is 4.79 Å². The summed E-state index contributed by atoms with van der Waals surface area (Å²) in [7, 11) is -0.314. The fraction of sp³-hybridized carbons (Fsp3) is 0.917. The minimum atomic E-state index is -1.74. The van der Waals surface area contributed by atoms with Crippen molar-refractivity contribution >= 4 is 14.3 Å². The van der Waals surface area contributed by atoms with Crippen molar-refractivity contribution in [1.82, 2.24) is 5.32 Å². The van der Waals surface area contributed by atoms with Crippen LogP contribution in [0.3, 0.4) is 0 Å². The molecule has 17 heavy (non-hydrogen) atoms. The van der Waals surface area contributed by atoms with Gasteiger partial charge in [0.25, 0.3) is 0 Å². The second kappa shape index (κ2) is 5.08. The zero-order valence-corrected chi connectivity index (χ0v) is 12.8. The van der Waals surface area contributed by atoms with Gasteiger partial charge in [-0.1, -0.05) is 20.8 Å². The largest absolute Gasteiger partial charge is 0.468 e. The Morgan fingerprint density at radius 2 is 1.94 bits per heavy atom. The van der Waals surface area contributed by atoms with E-state index in [1.165, 1.54) is 7.11 Å². The van der Waals surface area contributed by atoms with E-state index in [1.807, 2.05) is 0 Å². The van der Waals surface area contributed by atoms with Crippen LogP contribution in [-0.4, -0.2) is 40.1 Å². The highest BCUT2D eigenvalue weighted by atomic mass is 28.4. The van der Waals surface area contributed by atoms with Crippen LogP contribution in [0.5, 0.6) is 0 Å². The van der Waals surface area contributed by atoms with Crippen molar-refractivity contribution in [3.05, 3.63) is 0 Å². The first-order valence-corrected chi connectivity index (χ1v) is 9.07. The molecular formula is C12H25NO3Si. The first-order chi connectivity index (χ1) is 7.67. The van der Waals surface area contributed by atoms with Crippen molar-refractivity contribution in [1.29, 1.82) is 0 Å². The second-order valence-electron chi connectivity index (χ2n) is 6.22. The summed E-state index contributed by atoms with van der Waals surface area (Å²) in [6.07, 6.45) is 0.860. The van der Waals surface area contributed by atoms with Gasteiger partial charge in [0.15, 0.2) is 8.32 Å². The number of carbonyl (C=O) groups is 1. The summed E-state index contributed by atoms with van der Waals surface area (Å²) in [5, 5.41) is 3.36. The van der Waals surface area contributed by atoms with Crippen molar-refractivity contribution in [3.8, 4) is 0 Å². The van der Waals surface area contributed by atoms with Gasteiger partial charge in [-0.25, -0.2) is 0 Å². The molecule has 1 unspecified atom stereocenters. The molecule has 1 fully saturated rings. The maximum absolute atomic E-state index is 11.4. The smallest absolute Gasteiger partial charge is 0.322 e. The van der Waals surface area contributed by atoms with E-state index in [0.717, 1.165) is 13.0 Å². The summed E-state index contributed by atoms with van der Waals surface area (Å²) in [6, 6.07) is -0.199. The molecule has 0 radical (unpaired) electrons. The molecule has 1 aliphatic rings. The number of methoxy groups -OCH3 is 1. The van der Waals surface area contributed by atoms with Gasteiger partial charge in [0.05, 0.1) is 13.2 Å². The fourth-order valence-electron chi connectivity index (χ4n) is 1.71. The molecule has 1 saturated heterocycles. The fourth-order valence-corrected chi connectivity index (χ4v) is 3.07. The highest BCUT2D eigenvalue weighted by Crippen LogP contribution is 2.38. The minimum Gasteiger partial charge on any atom is -0.468 e. The Morgan fingerprint density at radius 3 is 2.41 bits per heavy atom. The lowest BCUT2D eigenvalue weighted by atomic mass is 10.2. The second-order valence-corrected chi connectivity index (χ2v) is 11.0. The molecule has 0 aliphatic carbocycles. The highest BCUT2D eigenvalue weighted by molar-refractivity contribution is 6.74. The van der Waals surface area contributed by atoms with Gasteiger partial charge in [0, 0.05) is 6.54 Å². The molecule has 0 aromatic carbocycles. The standard InChI is InChI=1S/C12H25NO3Si/c1-12(2,3)17(5,6)16-9-7-10(13-8-9)11(14)15-4/h9-10,13H,7-8H2,1-6H3/t9?,10-/m0/s1. The third-order valence-corrected chi connectivity index (χ3v) is 8.38. The van der Waals surface area contributed by atoms with Crippen molar-refractivity contribution in [3.63, 3.8) is 0 Å². The number of esters is 1. The number of hydrogen-bond donors (Lipinski definition) is 1. The summed E-state index contributed by atoms with van der Waals surface area (Å²) in [6.45, 7) is 11.9. The molecule has 1 N–H and O–H groups in total. The van der Waals surface area contributed by atoms with E-state index in [4.69, 9.17) is 9.16 Å². The quantitative estimate of drug-likeness (QED) is 0.621. The van der Waals surface area contributed by atoms with Crippen LogP contribution in [0.1, 0.15) is 27.2 Å². The molecule has 1 rings (SSSR count). The van der Waals surface area contributed by atoms with Crippen molar-refractivity contribution < 1.29 is 14.0 Å². The van der Waals surface area contributed by atoms with Crippen LogP contribution in [-0.2, 0) is 14.0 Å². The third-order valence-electron chi connectivity index (χ3n) is 3.84. The molecule has 1 heterocycles. The Bertz CT molecular complexity index is 286. The molecule has 100 valence electrons. The number of carbonyl (C=O) groups excluding carboxylic acids is 1. The summed E-state index contributed by atoms with van der Waals surface area (Å²) >= 11 is 0. The molecule has 0 saturated carbocycles. The van der Waals surface area contributed by atoms with E-state index in [9.17, 15) is 4.79 Å².